The first kappa shape index (κ1) is 13.6. The number of hydrogen-bond acceptors (Lipinski definition) is 5. The van der Waals surface area contributed by atoms with Crippen molar-refractivity contribution in [2.45, 2.75) is 6.92 Å². The maximum atomic E-state index is 9.32. The molecular weight excluding hydrogens is 267 g/mol. The fourth-order valence-corrected chi connectivity index (χ4v) is 2.32. The normalized spacial score (nSPS) is 10.9. The second-order valence-corrected chi connectivity index (χ2v) is 4.87. The minimum absolute atomic E-state index is 0.339. The summed E-state index contributed by atoms with van der Waals surface area (Å²) in [5, 5.41) is 26.0. The molecule has 7 heteroatoms. The molecule has 0 aromatic carbocycles. The van der Waals surface area contributed by atoms with Crippen molar-refractivity contribution >= 4 is 23.8 Å². The van der Waals surface area contributed by atoms with E-state index < -0.39 is 7.12 Å². The average Bonchev–Trinajstić information content (AvgIpc) is 2.89. The number of nitrogens with one attached hydrogen (secondary N) is 1. The molecule has 3 heterocycles. The lowest BCUT2D eigenvalue weighted by atomic mass is 9.80. The summed E-state index contributed by atoms with van der Waals surface area (Å²) in [4.78, 5) is 4.30. The third kappa shape index (κ3) is 2.37. The topological polar surface area (TPSA) is 82.7 Å². The Kier molecular flexibility index (Phi) is 3.36. The van der Waals surface area contributed by atoms with Crippen LogP contribution in [0.1, 0.15) is 5.56 Å². The van der Waals surface area contributed by atoms with Crippen molar-refractivity contribution in [3.8, 4) is 11.4 Å². The van der Waals surface area contributed by atoms with Crippen LogP contribution in [0.5, 0.6) is 0 Å². The number of nitrogens with zero attached hydrogens (tertiary/aromatic N) is 3. The number of hydrogen-bond donors (Lipinski definition) is 3. The van der Waals surface area contributed by atoms with Gasteiger partial charge in [-0.15, -0.1) is 0 Å². The zero-order valence-electron chi connectivity index (χ0n) is 11.8. The molecule has 0 amide bonds. The average molecular weight is 282 g/mol. The van der Waals surface area contributed by atoms with Crippen LogP contribution < -0.4 is 10.8 Å². The van der Waals surface area contributed by atoms with E-state index >= 15 is 0 Å². The highest BCUT2D eigenvalue weighted by Crippen LogP contribution is 2.22. The van der Waals surface area contributed by atoms with Gasteiger partial charge in [0.2, 0.25) is 0 Å². The minimum Gasteiger partial charge on any atom is -0.423 e. The third-order valence-corrected chi connectivity index (χ3v) is 3.38. The number of aryl methyl sites for hydroxylation is 1. The third-order valence-electron chi connectivity index (χ3n) is 3.38. The summed E-state index contributed by atoms with van der Waals surface area (Å²) in [6, 6.07) is 7.74. The molecule has 3 N–H and O–H groups in total. The lowest BCUT2D eigenvalue weighted by molar-refractivity contribution is 0.426. The van der Waals surface area contributed by atoms with Crippen LogP contribution in [0.25, 0.3) is 16.9 Å². The molecule has 0 aliphatic carbocycles. The van der Waals surface area contributed by atoms with Crippen molar-refractivity contribution in [2.75, 3.05) is 12.4 Å². The Morgan fingerprint density at radius 1 is 1.19 bits per heavy atom. The maximum absolute atomic E-state index is 9.32. The Hall–Kier alpha value is -2.38. The first-order valence-corrected chi connectivity index (χ1v) is 6.59. The molecule has 106 valence electrons. The quantitative estimate of drug-likeness (QED) is 0.607. The van der Waals surface area contributed by atoms with Gasteiger partial charge in [-0.1, -0.05) is 0 Å². The molecule has 0 bridgehead atoms. The number of aromatic nitrogens is 3. The second-order valence-electron chi connectivity index (χ2n) is 4.87. The summed E-state index contributed by atoms with van der Waals surface area (Å²) in [6.45, 7) is 1.99. The van der Waals surface area contributed by atoms with E-state index in [2.05, 4.69) is 15.4 Å². The predicted octanol–water partition coefficient (Wildman–Crippen LogP) is 0.426. The van der Waals surface area contributed by atoms with Crippen molar-refractivity contribution in [3.63, 3.8) is 0 Å². The molecule has 6 nitrogen and oxygen atoms in total. The van der Waals surface area contributed by atoms with E-state index in [-0.39, 0.29) is 0 Å². The van der Waals surface area contributed by atoms with E-state index in [4.69, 9.17) is 0 Å². The Balaban J connectivity index is 2.14. The second kappa shape index (κ2) is 5.19. The fourth-order valence-electron chi connectivity index (χ4n) is 2.32. The van der Waals surface area contributed by atoms with Crippen molar-refractivity contribution in [2.24, 2.45) is 0 Å². The van der Waals surface area contributed by atoms with Gasteiger partial charge in [0, 0.05) is 24.4 Å². The predicted molar refractivity (Wildman–Crippen MR) is 82.5 cm³/mol. The molecule has 3 aromatic rings. The van der Waals surface area contributed by atoms with E-state index in [1.807, 2.05) is 29.6 Å². The number of rotatable bonds is 3. The summed E-state index contributed by atoms with van der Waals surface area (Å²) >= 11 is 0. The first-order chi connectivity index (χ1) is 10.1. The van der Waals surface area contributed by atoms with Gasteiger partial charge in [0.25, 0.3) is 0 Å². The van der Waals surface area contributed by atoms with E-state index in [9.17, 15) is 10.0 Å². The Bertz CT molecular complexity index is 801. The summed E-state index contributed by atoms with van der Waals surface area (Å²) in [5.41, 5.74) is 4.60. The van der Waals surface area contributed by atoms with Crippen LogP contribution in [-0.4, -0.2) is 38.8 Å². The molecule has 0 saturated carbocycles. The van der Waals surface area contributed by atoms with Crippen molar-refractivity contribution < 1.29 is 10.0 Å². The Labute approximate surface area is 122 Å². The number of fused-ring (bicyclic) bond motifs is 1. The molecule has 0 spiro atoms. The van der Waals surface area contributed by atoms with Crippen LogP contribution >= 0.6 is 0 Å². The van der Waals surface area contributed by atoms with Crippen LogP contribution in [0.2, 0.25) is 0 Å². The van der Waals surface area contributed by atoms with Gasteiger partial charge in [0.1, 0.15) is 0 Å². The lowest BCUT2D eigenvalue weighted by Gasteiger charge is -2.10. The van der Waals surface area contributed by atoms with Crippen LogP contribution in [0.15, 0.2) is 36.7 Å². The molecule has 0 fully saturated rings. The molecule has 21 heavy (non-hydrogen) atoms. The van der Waals surface area contributed by atoms with Crippen molar-refractivity contribution in [3.05, 3.63) is 42.2 Å². The van der Waals surface area contributed by atoms with E-state index in [1.54, 1.807) is 19.3 Å². The van der Waals surface area contributed by atoms with Crippen LogP contribution in [0.4, 0.5) is 5.69 Å². The van der Waals surface area contributed by atoms with Gasteiger partial charge in [0.15, 0.2) is 0 Å². The molecule has 3 aromatic heterocycles. The zero-order chi connectivity index (χ0) is 15.0. The molecule has 0 saturated heterocycles. The van der Waals surface area contributed by atoms with Crippen molar-refractivity contribution in [1.29, 1.82) is 0 Å². The van der Waals surface area contributed by atoms with Gasteiger partial charge < -0.3 is 15.4 Å². The smallest absolute Gasteiger partial charge is 0.423 e. The maximum Gasteiger partial charge on any atom is 0.492 e. The summed E-state index contributed by atoms with van der Waals surface area (Å²) in [5.74, 6) is 0. The van der Waals surface area contributed by atoms with E-state index in [0.29, 0.717) is 16.8 Å². The van der Waals surface area contributed by atoms with Crippen LogP contribution in [0, 0.1) is 6.92 Å². The summed E-state index contributed by atoms with van der Waals surface area (Å²) in [7, 11) is 0.168. The van der Waals surface area contributed by atoms with E-state index in [1.165, 1.54) is 6.20 Å². The Morgan fingerprint density at radius 2 is 2.00 bits per heavy atom. The number of pyridine rings is 1. The molecule has 0 atom stereocenters. The highest BCUT2D eigenvalue weighted by molar-refractivity contribution is 6.60. The van der Waals surface area contributed by atoms with Gasteiger partial charge in [0.05, 0.1) is 23.1 Å². The van der Waals surface area contributed by atoms with E-state index in [0.717, 1.165) is 16.8 Å². The molecule has 3 rings (SSSR count). The highest BCUT2D eigenvalue weighted by atomic mass is 16.4. The molecule has 0 aliphatic rings. The van der Waals surface area contributed by atoms with Crippen molar-refractivity contribution in [1.82, 2.24) is 14.6 Å². The van der Waals surface area contributed by atoms with Gasteiger partial charge in [-0.25, -0.2) is 4.52 Å². The highest BCUT2D eigenvalue weighted by Gasteiger charge is 2.18. The lowest BCUT2D eigenvalue weighted by Crippen LogP contribution is -2.32. The van der Waals surface area contributed by atoms with Crippen LogP contribution in [0.3, 0.4) is 0 Å². The molecule has 0 unspecified atom stereocenters. The molecule has 0 radical (unpaired) electrons. The van der Waals surface area contributed by atoms with Crippen LogP contribution in [-0.2, 0) is 0 Å². The zero-order valence-corrected chi connectivity index (χ0v) is 11.8. The largest absolute Gasteiger partial charge is 0.492 e. The summed E-state index contributed by atoms with van der Waals surface area (Å²) < 4.78 is 1.81. The van der Waals surface area contributed by atoms with Gasteiger partial charge >= 0.3 is 7.12 Å². The SMILES string of the molecule is CNc1cc(-c2ccc3cc(C)cnn23)ncc1B(O)O. The van der Waals surface area contributed by atoms with Gasteiger partial charge in [-0.2, -0.15) is 5.10 Å². The number of anilines is 1. The summed E-state index contributed by atoms with van der Waals surface area (Å²) in [6.07, 6.45) is 3.25. The fraction of sp³-hybridized carbons (Fsp3) is 0.143. The van der Waals surface area contributed by atoms with Gasteiger partial charge in [-0.3, -0.25) is 4.98 Å². The van der Waals surface area contributed by atoms with Gasteiger partial charge in [-0.05, 0) is 36.8 Å². The monoisotopic (exact) mass is 282 g/mol. The Morgan fingerprint density at radius 3 is 2.71 bits per heavy atom. The molecule has 0 aliphatic heterocycles. The molecular formula is C14H15BN4O2. The minimum atomic E-state index is -1.56. The first-order valence-electron chi connectivity index (χ1n) is 6.59. The standard InChI is InChI=1S/C14H15BN4O2/c1-9-5-10-3-4-14(19(10)18-7-9)13-6-12(16-2)11(8-17-13)15(20)21/h3-8,20-21H,1-2H3,(H,16,17).